The van der Waals surface area contributed by atoms with E-state index in [1.807, 2.05) is 0 Å². The Kier molecular flexibility index (Phi) is 3.56. The number of rotatable bonds is 4. The summed E-state index contributed by atoms with van der Waals surface area (Å²) < 4.78 is 5.55. The van der Waals surface area contributed by atoms with Crippen LogP contribution in [0.1, 0.15) is 5.56 Å². The molecule has 2 rings (SSSR count). The molecule has 0 fully saturated rings. The van der Waals surface area contributed by atoms with Crippen LogP contribution in [0.2, 0.25) is 0 Å². The number of hydrogen-bond acceptors (Lipinski definition) is 6. The Labute approximate surface area is 109 Å². The highest BCUT2D eigenvalue weighted by molar-refractivity contribution is 5.48. The maximum Gasteiger partial charge on any atom is 0.273 e. The van der Waals surface area contributed by atoms with Crippen molar-refractivity contribution in [3.05, 3.63) is 46.3 Å². The van der Waals surface area contributed by atoms with Crippen LogP contribution in [0.5, 0.6) is 11.6 Å². The molecule has 0 aliphatic carbocycles. The molecule has 2 aromatic rings. The number of ether oxygens (including phenoxy) is 1. The zero-order valence-electron chi connectivity index (χ0n) is 10.5. The van der Waals surface area contributed by atoms with Crippen molar-refractivity contribution in [1.82, 2.24) is 9.97 Å². The van der Waals surface area contributed by atoms with E-state index in [-0.39, 0.29) is 5.69 Å². The summed E-state index contributed by atoms with van der Waals surface area (Å²) in [4.78, 5) is 18.3. The number of non-ortho nitro benzene ring substituents is 1. The highest BCUT2D eigenvalue weighted by Crippen LogP contribution is 2.27. The summed E-state index contributed by atoms with van der Waals surface area (Å²) in [6, 6.07) is 5.94. The maximum absolute atomic E-state index is 10.7. The number of benzene rings is 1. The van der Waals surface area contributed by atoms with Gasteiger partial charge in [0.1, 0.15) is 17.9 Å². The zero-order valence-corrected chi connectivity index (χ0v) is 10.5. The van der Waals surface area contributed by atoms with Crippen molar-refractivity contribution in [2.75, 3.05) is 12.4 Å². The van der Waals surface area contributed by atoms with Gasteiger partial charge in [-0.25, -0.2) is 9.97 Å². The van der Waals surface area contributed by atoms with Gasteiger partial charge in [0, 0.05) is 13.1 Å². The summed E-state index contributed by atoms with van der Waals surface area (Å²) in [5.41, 5.74) is 0.703. The second kappa shape index (κ2) is 5.30. The van der Waals surface area contributed by atoms with Crippen LogP contribution in [0.3, 0.4) is 0 Å². The Morgan fingerprint density at radius 1 is 1.37 bits per heavy atom. The smallest absolute Gasteiger partial charge is 0.273 e. The minimum atomic E-state index is -0.473. The molecule has 0 radical (unpaired) electrons. The number of hydrogen-bond donors (Lipinski definition) is 1. The lowest BCUT2D eigenvalue weighted by Gasteiger charge is -2.09. The van der Waals surface area contributed by atoms with Gasteiger partial charge in [-0.1, -0.05) is 6.07 Å². The van der Waals surface area contributed by atoms with Gasteiger partial charge < -0.3 is 10.1 Å². The molecule has 1 aromatic heterocycles. The van der Waals surface area contributed by atoms with Gasteiger partial charge in [-0.3, -0.25) is 10.1 Å². The van der Waals surface area contributed by atoms with Crippen molar-refractivity contribution >= 4 is 11.5 Å². The standard InChI is InChI=1S/C12H12N4O3/c1-8-11(13-2)14-7-15-12(8)19-10-5-3-4-9(6-10)16(17)18/h3-7H,1-2H3,(H,13,14,15). The Bertz CT molecular complexity index is 616. The topological polar surface area (TPSA) is 90.2 Å². The van der Waals surface area contributed by atoms with Crippen LogP contribution in [-0.4, -0.2) is 21.9 Å². The van der Waals surface area contributed by atoms with Crippen molar-refractivity contribution in [1.29, 1.82) is 0 Å². The van der Waals surface area contributed by atoms with Crippen LogP contribution in [0.4, 0.5) is 11.5 Å². The second-order valence-electron chi connectivity index (χ2n) is 3.76. The second-order valence-corrected chi connectivity index (χ2v) is 3.76. The van der Waals surface area contributed by atoms with E-state index in [2.05, 4.69) is 15.3 Å². The Morgan fingerprint density at radius 2 is 2.16 bits per heavy atom. The predicted molar refractivity (Wildman–Crippen MR) is 69.5 cm³/mol. The van der Waals surface area contributed by atoms with Crippen LogP contribution in [-0.2, 0) is 0 Å². The third-order valence-electron chi connectivity index (χ3n) is 2.52. The molecule has 1 aromatic carbocycles. The zero-order chi connectivity index (χ0) is 13.8. The van der Waals surface area contributed by atoms with Crippen molar-refractivity contribution in [2.24, 2.45) is 0 Å². The van der Waals surface area contributed by atoms with E-state index < -0.39 is 4.92 Å². The normalized spacial score (nSPS) is 10.0. The monoisotopic (exact) mass is 260 g/mol. The number of nitrogens with one attached hydrogen (secondary N) is 1. The number of nitro groups is 1. The molecule has 7 nitrogen and oxygen atoms in total. The molecular weight excluding hydrogens is 248 g/mol. The molecule has 0 amide bonds. The van der Waals surface area contributed by atoms with Gasteiger partial charge in [0.15, 0.2) is 0 Å². The SMILES string of the molecule is CNc1ncnc(Oc2cccc([N+](=O)[O-])c2)c1C. The first-order chi connectivity index (χ1) is 9.11. The summed E-state index contributed by atoms with van der Waals surface area (Å²) in [6.07, 6.45) is 1.37. The van der Waals surface area contributed by atoms with Gasteiger partial charge >= 0.3 is 0 Å². The Morgan fingerprint density at radius 3 is 2.84 bits per heavy atom. The molecule has 0 aliphatic heterocycles. The summed E-state index contributed by atoms with van der Waals surface area (Å²) in [5.74, 6) is 1.37. The summed E-state index contributed by atoms with van der Waals surface area (Å²) in [7, 11) is 1.74. The highest BCUT2D eigenvalue weighted by atomic mass is 16.6. The quantitative estimate of drug-likeness (QED) is 0.671. The van der Waals surface area contributed by atoms with E-state index in [0.717, 1.165) is 5.56 Å². The maximum atomic E-state index is 10.7. The van der Waals surface area contributed by atoms with Crippen LogP contribution < -0.4 is 10.1 Å². The molecule has 0 bridgehead atoms. The molecule has 1 N–H and O–H groups in total. The largest absolute Gasteiger partial charge is 0.438 e. The van der Waals surface area contributed by atoms with Gasteiger partial charge in [-0.05, 0) is 13.0 Å². The van der Waals surface area contributed by atoms with Crippen LogP contribution in [0.15, 0.2) is 30.6 Å². The number of anilines is 1. The average Bonchev–Trinajstić information content (AvgIpc) is 2.41. The first-order valence-electron chi connectivity index (χ1n) is 5.53. The first-order valence-corrected chi connectivity index (χ1v) is 5.53. The van der Waals surface area contributed by atoms with E-state index in [0.29, 0.717) is 17.4 Å². The first kappa shape index (κ1) is 12.7. The van der Waals surface area contributed by atoms with Crippen LogP contribution >= 0.6 is 0 Å². The van der Waals surface area contributed by atoms with Crippen LogP contribution in [0.25, 0.3) is 0 Å². The van der Waals surface area contributed by atoms with Crippen molar-refractivity contribution in [3.8, 4) is 11.6 Å². The van der Waals surface area contributed by atoms with E-state index in [9.17, 15) is 10.1 Å². The van der Waals surface area contributed by atoms with Crippen molar-refractivity contribution in [3.63, 3.8) is 0 Å². The lowest BCUT2D eigenvalue weighted by Crippen LogP contribution is -2.00. The van der Waals surface area contributed by atoms with E-state index in [4.69, 9.17) is 4.74 Å². The summed E-state index contributed by atoms with van der Waals surface area (Å²) in [5, 5.41) is 13.6. The molecule has 98 valence electrons. The van der Waals surface area contributed by atoms with Gasteiger partial charge in [0.05, 0.1) is 16.6 Å². The summed E-state index contributed by atoms with van der Waals surface area (Å²) >= 11 is 0. The third-order valence-corrected chi connectivity index (χ3v) is 2.52. The minimum Gasteiger partial charge on any atom is -0.438 e. The fraction of sp³-hybridized carbons (Fsp3) is 0.167. The van der Waals surface area contributed by atoms with E-state index >= 15 is 0 Å². The lowest BCUT2D eigenvalue weighted by molar-refractivity contribution is -0.384. The van der Waals surface area contributed by atoms with E-state index in [1.54, 1.807) is 26.1 Å². The third kappa shape index (κ3) is 2.76. The number of nitro benzene ring substituents is 1. The van der Waals surface area contributed by atoms with E-state index in [1.165, 1.54) is 18.5 Å². The van der Waals surface area contributed by atoms with Crippen LogP contribution in [0, 0.1) is 17.0 Å². The number of nitrogens with zero attached hydrogens (tertiary/aromatic N) is 3. The Balaban J connectivity index is 2.31. The number of aromatic nitrogens is 2. The molecule has 0 atom stereocenters. The molecule has 0 aliphatic rings. The van der Waals surface area contributed by atoms with Gasteiger partial charge in [-0.15, -0.1) is 0 Å². The highest BCUT2D eigenvalue weighted by Gasteiger charge is 2.11. The van der Waals surface area contributed by atoms with Crippen molar-refractivity contribution < 1.29 is 9.66 Å². The fourth-order valence-electron chi connectivity index (χ4n) is 1.56. The molecule has 1 heterocycles. The molecule has 7 heteroatoms. The lowest BCUT2D eigenvalue weighted by atomic mass is 10.3. The van der Waals surface area contributed by atoms with Gasteiger partial charge in [-0.2, -0.15) is 0 Å². The summed E-state index contributed by atoms with van der Waals surface area (Å²) in [6.45, 7) is 1.80. The molecule has 0 saturated carbocycles. The van der Waals surface area contributed by atoms with Gasteiger partial charge in [0.25, 0.3) is 5.69 Å². The Hall–Kier alpha value is -2.70. The average molecular weight is 260 g/mol. The molecule has 19 heavy (non-hydrogen) atoms. The molecular formula is C12H12N4O3. The van der Waals surface area contributed by atoms with Gasteiger partial charge in [0.2, 0.25) is 5.88 Å². The predicted octanol–water partition coefficient (Wildman–Crippen LogP) is 2.53. The minimum absolute atomic E-state index is 0.0296. The fourth-order valence-corrected chi connectivity index (χ4v) is 1.56. The van der Waals surface area contributed by atoms with Crippen molar-refractivity contribution in [2.45, 2.75) is 6.92 Å². The molecule has 0 saturated heterocycles. The molecule has 0 unspecified atom stereocenters. The molecule has 0 spiro atoms.